The quantitative estimate of drug-likeness (QED) is 0.234. The number of rotatable bonds is 6. The maximum Gasteiger partial charge on any atom is 0.100 e. The first-order chi connectivity index (χ1) is 20.2. The number of hydrogen-bond acceptors (Lipinski definition) is 3. The van der Waals surface area contributed by atoms with Crippen molar-refractivity contribution in [1.29, 1.82) is 10.5 Å². The van der Waals surface area contributed by atoms with Gasteiger partial charge in [0.25, 0.3) is 0 Å². The van der Waals surface area contributed by atoms with Gasteiger partial charge in [0, 0.05) is 45.7 Å². The van der Waals surface area contributed by atoms with Crippen LogP contribution in [0.5, 0.6) is 0 Å². The van der Waals surface area contributed by atoms with Gasteiger partial charge in [-0.25, -0.2) is 0 Å². The molecule has 0 saturated heterocycles. The number of benzene rings is 3. The first kappa shape index (κ1) is 25.9. The molecule has 0 amide bonds. The van der Waals surface area contributed by atoms with E-state index in [1.54, 1.807) is 6.08 Å². The minimum absolute atomic E-state index is 0.358. The molecular formula is C37H30N4. The Morgan fingerprint density at radius 1 is 0.951 bits per heavy atom. The lowest BCUT2D eigenvalue weighted by molar-refractivity contribution is 0.580. The second kappa shape index (κ2) is 11.0. The molecule has 6 rings (SSSR count). The third-order valence-corrected chi connectivity index (χ3v) is 8.08. The Hall–Kier alpha value is -5.32. The fourth-order valence-corrected chi connectivity index (χ4v) is 6.25. The summed E-state index contributed by atoms with van der Waals surface area (Å²) < 4.78 is 2.24. The van der Waals surface area contributed by atoms with E-state index in [4.69, 9.17) is 0 Å². The molecule has 2 aliphatic carbocycles. The largest absolute Gasteiger partial charge is 0.332 e. The lowest BCUT2D eigenvalue weighted by atomic mass is 9.88. The lowest BCUT2D eigenvalue weighted by Crippen LogP contribution is -2.28. The molecule has 2 aliphatic rings. The summed E-state index contributed by atoms with van der Waals surface area (Å²) in [5.41, 5.74) is 9.70. The molecule has 1 atom stereocenters. The van der Waals surface area contributed by atoms with Crippen molar-refractivity contribution in [1.82, 2.24) is 4.57 Å². The number of aryl methyl sites for hydroxylation is 2. The molecule has 4 aromatic rings. The zero-order chi connectivity index (χ0) is 28.3. The highest BCUT2D eigenvalue weighted by Crippen LogP contribution is 2.44. The monoisotopic (exact) mass is 530 g/mol. The SMILES string of the molecule is C=C/C=C\c1c(C)c2ccccc2n1C1CC(N(C2=CCCc3ccccc32)c2ccccc2)=CC(C#N)=C1C#N. The summed E-state index contributed by atoms with van der Waals surface area (Å²) in [6, 6.07) is 31.6. The highest BCUT2D eigenvalue weighted by Gasteiger charge is 2.33. The first-order valence-corrected chi connectivity index (χ1v) is 13.9. The van der Waals surface area contributed by atoms with Crippen molar-refractivity contribution in [3.63, 3.8) is 0 Å². The van der Waals surface area contributed by atoms with Crippen molar-refractivity contribution < 1.29 is 0 Å². The first-order valence-electron chi connectivity index (χ1n) is 13.9. The Morgan fingerprint density at radius 3 is 2.49 bits per heavy atom. The van der Waals surface area contributed by atoms with Gasteiger partial charge >= 0.3 is 0 Å². The molecule has 0 spiro atoms. The van der Waals surface area contributed by atoms with Crippen LogP contribution in [-0.2, 0) is 6.42 Å². The molecule has 1 heterocycles. The molecule has 41 heavy (non-hydrogen) atoms. The average molecular weight is 531 g/mol. The minimum Gasteiger partial charge on any atom is -0.332 e. The smallest absolute Gasteiger partial charge is 0.100 e. The van der Waals surface area contributed by atoms with Crippen LogP contribution in [0, 0.1) is 29.6 Å². The third kappa shape index (κ3) is 4.50. The Kier molecular flexibility index (Phi) is 6.99. The van der Waals surface area contributed by atoms with E-state index < -0.39 is 0 Å². The summed E-state index contributed by atoms with van der Waals surface area (Å²) in [6.45, 7) is 5.99. The van der Waals surface area contributed by atoms with E-state index in [-0.39, 0.29) is 6.04 Å². The molecule has 0 N–H and O–H groups in total. The van der Waals surface area contributed by atoms with E-state index in [1.165, 1.54) is 11.1 Å². The van der Waals surface area contributed by atoms with E-state index in [9.17, 15) is 10.5 Å². The molecule has 0 aliphatic heterocycles. The predicted molar refractivity (Wildman–Crippen MR) is 168 cm³/mol. The zero-order valence-corrected chi connectivity index (χ0v) is 23.1. The van der Waals surface area contributed by atoms with Gasteiger partial charge in [-0.15, -0.1) is 0 Å². The van der Waals surface area contributed by atoms with Gasteiger partial charge < -0.3 is 9.47 Å². The van der Waals surface area contributed by atoms with Crippen molar-refractivity contribution in [3.05, 3.63) is 149 Å². The van der Waals surface area contributed by atoms with Gasteiger partial charge in [0.2, 0.25) is 0 Å². The number of nitrogens with zero attached hydrogens (tertiary/aromatic N) is 4. The molecule has 3 aromatic carbocycles. The normalized spacial score (nSPS) is 16.5. The molecule has 4 heteroatoms. The Bertz CT molecular complexity index is 1870. The van der Waals surface area contributed by atoms with E-state index in [0.29, 0.717) is 17.6 Å². The molecule has 0 saturated carbocycles. The Balaban J connectivity index is 1.58. The number of para-hydroxylation sites is 2. The van der Waals surface area contributed by atoms with Crippen LogP contribution in [0.1, 0.15) is 41.3 Å². The predicted octanol–water partition coefficient (Wildman–Crippen LogP) is 8.82. The van der Waals surface area contributed by atoms with Gasteiger partial charge in [-0.3, -0.25) is 0 Å². The van der Waals surface area contributed by atoms with Crippen LogP contribution in [0.15, 0.2) is 127 Å². The van der Waals surface area contributed by atoms with Gasteiger partial charge in [-0.2, -0.15) is 10.5 Å². The molecule has 0 bridgehead atoms. The van der Waals surface area contributed by atoms with Gasteiger partial charge in [-0.1, -0.05) is 85.5 Å². The van der Waals surface area contributed by atoms with Crippen LogP contribution in [0.25, 0.3) is 22.7 Å². The van der Waals surface area contributed by atoms with E-state index in [0.717, 1.165) is 52.1 Å². The molecule has 4 nitrogen and oxygen atoms in total. The fourth-order valence-electron chi connectivity index (χ4n) is 6.25. The Labute approximate surface area is 241 Å². The fraction of sp³-hybridized carbons (Fsp3) is 0.135. The van der Waals surface area contributed by atoms with Crippen molar-refractivity contribution in [3.8, 4) is 12.1 Å². The topological polar surface area (TPSA) is 55.8 Å². The van der Waals surface area contributed by atoms with Gasteiger partial charge in [0.1, 0.15) is 6.07 Å². The number of aromatic nitrogens is 1. The summed E-state index contributed by atoms with van der Waals surface area (Å²) in [7, 11) is 0. The van der Waals surface area contributed by atoms with Crippen LogP contribution in [0.3, 0.4) is 0 Å². The number of allylic oxidation sites excluding steroid dienone is 7. The lowest BCUT2D eigenvalue weighted by Gasteiger charge is -2.37. The van der Waals surface area contributed by atoms with Crippen LogP contribution >= 0.6 is 0 Å². The van der Waals surface area contributed by atoms with Crippen molar-refractivity contribution in [2.24, 2.45) is 0 Å². The maximum atomic E-state index is 10.4. The second-order valence-corrected chi connectivity index (χ2v) is 10.4. The molecule has 1 aromatic heterocycles. The van der Waals surface area contributed by atoms with Crippen molar-refractivity contribution in [2.75, 3.05) is 4.90 Å². The van der Waals surface area contributed by atoms with E-state index in [1.807, 2.05) is 42.5 Å². The number of nitriles is 2. The van der Waals surface area contributed by atoms with Gasteiger partial charge in [0.05, 0.1) is 23.3 Å². The molecule has 0 fully saturated rings. The highest BCUT2D eigenvalue weighted by atomic mass is 15.2. The Morgan fingerprint density at radius 2 is 1.71 bits per heavy atom. The molecule has 1 unspecified atom stereocenters. The van der Waals surface area contributed by atoms with Crippen LogP contribution in [0.4, 0.5) is 5.69 Å². The molecular weight excluding hydrogens is 500 g/mol. The second-order valence-electron chi connectivity index (χ2n) is 10.4. The summed E-state index contributed by atoms with van der Waals surface area (Å²) in [6.07, 6.45) is 12.4. The third-order valence-electron chi connectivity index (χ3n) is 8.08. The summed E-state index contributed by atoms with van der Waals surface area (Å²) in [5.74, 6) is 0. The number of hydrogen-bond donors (Lipinski definition) is 0. The number of anilines is 1. The van der Waals surface area contributed by atoms with Crippen LogP contribution in [0.2, 0.25) is 0 Å². The van der Waals surface area contributed by atoms with E-state index >= 15 is 0 Å². The summed E-state index contributed by atoms with van der Waals surface area (Å²) >= 11 is 0. The standard InChI is InChI=1S/C37H30N4/c1-3-4-19-34-26(2)31-17-10-11-20-35(31)41(34)37-23-30(22-28(24-38)33(37)25-39)40(29-15-6-5-7-16-29)36-21-12-14-27-13-8-9-18-32(27)36/h3-11,13,15-22,37H,1,12,14,23H2,2H3/b19-4-. The maximum absolute atomic E-state index is 10.4. The van der Waals surface area contributed by atoms with E-state index in [2.05, 4.69) is 95.8 Å². The summed E-state index contributed by atoms with van der Waals surface area (Å²) in [4.78, 5) is 2.29. The van der Waals surface area contributed by atoms with Gasteiger partial charge in [-0.05, 0) is 61.2 Å². The van der Waals surface area contributed by atoms with Gasteiger partial charge in [0.15, 0.2) is 0 Å². The number of fused-ring (bicyclic) bond motifs is 2. The van der Waals surface area contributed by atoms with Crippen LogP contribution < -0.4 is 4.90 Å². The molecule has 198 valence electrons. The highest BCUT2D eigenvalue weighted by molar-refractivity contribution is 5.89. The molecule has 0 radical (unpaired) electrons. The average Bonchev–Trinajstić information content (AvgIpc) is 3.31. The zero-order valence-electron chi connectivity index (χ0n) is 23.1. The van der Waals surface area contributed by atoms with Crippen molar-refractivity contribution in [2.45, 2.75) is 32.2 Å². The van der Waals surface area contributed by atoms with Crippen molar-refractivity contribution >= 4 is 28.4 Å². The van der Waals surface area contributed by atoms with Crippen LogP contribution in [-0.4, -0.2) is 4.57 Å². The minimum atomic E-state index is -0.358. The summed E-state index contributed by atoms with van der Waals surface area (Å²) in [5, 5.41) is 21.9.